The number of benzene rings is 3. The molecule has 4 aromatic rings. The van der Waals surface area contributed by atoms with Crippen molar-refractivity contribution in [2.75, 3.05) is 4.90 Å². The molecule has 1 amide bonds. The number of amides is 1. The molecule has 0 unspecified atom stereocenters. The molecule has 0 saturated carbocycles. The van der Waals surface area contributed by atoms with Gasteiger partial charge >= 0.3 is 5.91 Å². The molecule has 0 spiro atoms. The highest BCUT2D eigenvalue weighted by Crippen LogP contribution is 2.44. The van der Waals surface area contributed by atoms with Crippen molar-refractivity contribution in [2.45, 2.75) is 41.3 Å². The van der Waals surface area contributed by atoms with Crippen molar-refractivity contribution in [3.8, 4) is 0 Å². The molecule has 13 heteroatoms. The van der Waals surface area contributed by atoms with Crippen molar-refractivity contribution in [1.29, 1.82) is 0 Å². The molecule has 1 fully saturated rings. The minimum absolute atomic E-state index is 0.0809. The van der Waals surface area contributed by atoms with Gasteiger partial charge in [-0.1, -0.05) is 68.0 Å². The number of nitro groups is 1. The number of thiazole rings is 1. The summed E-state index contributed by atoms with van der Waals surface area (Å²) in [6.07, 6.45) is 1.06. The van der Waals surface area contributed by atoms with Gasteiger partial charge in [0.15, 0.2) is 5.13 Å². The normalized spacial score (nSPS) is 16.9. The van der Waals surface area contributed by atoms with Crippen molar-refractivity contribution < 1.29 is 28.0 Å². The van der Waals surface area contributed by atoms with E-state index < -0.39 is 38.3 Å². The van der Waals surface area contributed by atoms with Gasteiger partial charge in [0.25, 0.3) is 11.5 Å². The van der Waals surface area contributed by atoms with E-state index in [2.05, 4.69) is 4.98 Å². The molecule has 220 valence electrons. The van der Waals surface area contributed by atoms with Crippen molar-refractivity contribution in [1.82, 2.24) is 4.98 Å². The van der Waals surface area contributed by atoms with Gasteiger partial charge in [-0.05, 0) is 52.9 Å². The first-order valence-corrected chi connectivity index (χ1v) is 15.5. The number of hydrogen-bond acceptors (Lipinski definition) is 9. The zero-order valence-corrected chi connectivity index (χ0v) is 25.4. The van der Waals surface area contributed by atoms with Crippen LogP contribution in [0.1, 0.15) is 43.5 Å². The van der Waals surface area contributed by atoms with Gasteiger partial charge in [0.1, 0.15) is 9.97 Å². The summed E-state index contributed by atoms with van der Waals surface area (Å²) in [4.78, 5) is 42.4. The standard InChI is InChI=1S/C30H24ClN3O7S2/c1-30(2,3)19-8-4-17(5-9-19)25-24(26(35)18-6-10-20(31)11-7-18)27(36)28(37)33(25)29-32-16-23(42-29)43(40,41)22-14-12-21(13-15-22)34(38)39/h4-16,25,35H,1-3H3/t25-/m0/s1. The lowest BCUT2D eigenvalue weighted by molar-refractivity contribution is -0.384. The number of Topliss-reactive ketones (excluding diaryl/α,β-unsaturated/α-hetero) is 1. The number of aliphatic hydroxyl groups excluding tert-OH is 1. The summed E-state index contributed by atoms with van der Waals surface area (Å²) >= 11 is 6.66. The van der Waals surface area contributed by atoms with E-state index in [0.29, 0.717) is 21.9 Å². The minimum atomic E-state index is -4.17. The monoisotopic (exact) mass is 637 g/mol. The number of carbonyl (C=O) groups excluding carboxylic acids is 2. The van der Waals surface area contributed by atoms with E-state index in [1.165, 1.54) is 24.3 Å². The van der Waals surface area contributed by atoms with Crippen LogP contribution < -0.4 is 4.90 Å². The molecule has 43 heavy (non-hydrogen) atoms. The van der Waals surface area contributed by atoms with Crippen LogP contribution in [0.15, 0.2) is 93.7 Å². The molecule has 1 saturated heterocycles. The van der Waals surface area contributed by atoms with Crippen LogP contribution in [0.3, 0.4) is 0 Å². The molecular formula is C30H24ClN3O7S2. The highest BCUT2D eigenvalue weighted by Gasteiger charge is 2.48. The van der Waals surface area contributed by atoms with Crippen LogP contribution in [0.2, 0.25) is 5.02 Å². The Bertz CT molecular complexity index is 1890. The van der Waals surface area contributed by atoms with E-state index in [-0.39, 0.29) is 36.5 Å². The number of non-ortho nitro benzene ring substituents is 1. The number of halogens is 1. The van der Waals surface area contributed by atoms with Gasteiger partial charge in [0.05, 0.1) is 27.6 Å². The third kappa shape index (κ3) is 5.56. The number of carbonyl (C=O) groups is 2. The quantitative estimate of drug-likeness (QED) is 0.0832. The Morgan fingerprint density at radius 2 is 1.60 bits per heavy atom. The maximum absolute atomic E-state index is 13.5. The number of sulfone groups is 1. The average molecular weight is 638 g/mol. The zero-order valence-electron chi connectivity index (χ0n) is 23.0. The molecular weight excluding hydrogens is 614 g/mol. The lowest BCUT2D eigenvalue weighted by Crippen LogP contribution is -2.29. The van der Waals surface area contributed by atoms with E-state index in [1.807, 2.05) is 32.9 Å². The molecule has 1 aromatic heterocycles. The molecule has 2 heterocycles. The fourth-order valence-electron chi connectivity index (χ4n) is 4.62. The molecule has 1 atom stereocenters. The average Bonchev–Trinajstić information content (AvgIpc) is 3.56. The number of ketones is 1. The number of hydrogen-bond donors (Lipinski definition) is 1. The summed E-state index contributed by atoms with van der Waals surface area (Å²) in [5.41, 5.74) is 1.12. The van der Waals surface area contributed by atoms with Crippen LogP contribution in [-0.4, -0.2) is 35.1 Å². The van der Waals surface area contributed by atoms with Gasteiger partial charge in [-0.15, -0.1) is 0 Å². The predicted molar refractivity (Wildman–Crippen MR) is 162 cm³/mol. The first-order chi connectivity index (χ1) is 20.2. The van der Waals surface area contributed by atoms with Crippen LogP contribution in [0, 0.1) is 10.1 Å². The number of aliphatic hydroxyl groups is 1. The number of rotatable bonds is 6. The van der Waals surface area contributed by atoms with Gasteiger partial charge in [0, 0.05) is 22.7 Å². The Morgan fingerprint density at radius 1 is 1.00 bits per heavy atom. The number of aromatic nitrogens is 1. The molecule has 1 N–H and O–H groups in total. The van der Waals surface area contributed by atoms with Crippen LogP contribution in [0.4, 0.5) is 10.8 Å². The van der Waals surface area contributed by atoms with Crippen LogP contribution in [-0.2, 0) is 24.8 Å². The smallest absolute Gasteiger partial charge is 0.301 e. The first kappa shape index (κ1) is 30.1. The number of anilines is 1. The fraction of sp³-hybridized carbons (Fsp3) is 0.167. The molecule has 0 aliphatic carbocycles. The largest absolute Gasteiger partial charge is 0.507 e. The summed E-state index contributed by atoms with van der Waals surface area (Å²) in [7, 11) is -4.17. The van der Waals surface area contributed by atoms with Crippen LogP contribution in [0.5, 0.6) is 0 Å². The maximum atomic E-state index is 13.5. The van der Waals surface area contributed by atoms with Gasteiger partial charge in [-0.25, -0.2) is 13.4 Å². The molecule has 3 aromatic carbocycles. The summed E-state index contributed by atoms with van der Waals surface area (Å²) < 4.78 is 26.4. The van der Waals surface area contributed by atoms with E-state index in [9.17, 15) is 33.2 Å². The van der Waals surface area contributed by atoms with Crippen molar-refractivity contribution >= 4 is 61.0 Å². The van der Waals surface area contributed by atoms with E-state index in [1.54, 1.807) is 12.1 Å². The van der Waals surface area contributed by atoms with Crippen LogP contribution >= 0.6 is 22.9 Å². The summed E-state index contributed by atoms with van der Waals surface area (Å²) in [5.74, 6) is -2.38. The maximum Gasteiger partial charge on any atom is 0.301 e. The van der Waals surface area contributed by atoms with Gasteiger partial charge in [-0.3, -0.25) is 24.6 Å². The number of nitrogens with zero attached hydrogens (tertiary/aromatic N) is 3. The molecule has 1 aliphatic rings. The summed E-state index contributed by atoms with van der Waals surface area (Å²) in [6.45, 7) is 6.12. The lowest BCUT2D eigenvalue weighted by Gasteiger charge is -2.24. The molecule has 0 bridgehead atoms. The Kier molecular flexibility index (Phi) is 7.71. The first-order valence-electron chi connectivity index (χ1n) is 12.8. The fourth-order valence-corrected chi connectivity index (χ4v) is 7.30. The Morgan fingerprint density at radius 3 is 2.16 bits per heavy atom. The second kappa shape index (κ2) is 11.0. The Hall–Kier alpha value is -4.39. The third-order valence-corrected chi connectivity index (χ3v) is 10.4. The van der Waals surface area contributed by atoms with E-state index in [0.717, 1.165) is 40.9 Å². The zero-order chi connectivity index (χ0) is 31.3. The van der Waals surface area contributed by atoms with E-state index >= 15 is 0 Å². The van der Waals surface area contributed by atoms with Crippen molar-refractivity contribution in [3.05, 3.63) is 116 Å². The van der Waals surface area contributed by atoms with Crippen LogP contribution in [0.25, 0.3) is 5.76 Å². The highest BCUT2D eigenvalue weighted by molar-refractivity contribution is 7.93. The predicted octanol–water partition coefficient (Wildman–Crippen LogP) is 6.46. The number of nitro benzene ring substituents is 1. The third-order valence-electron chi connectivity index (χ3n) is 6.96. The topological polar surface area (TPSA) is 148 Å². The second-order valence-corrected chi connectivity index (χ2v) is 14.4. The summed E-state index contributed by atoms with van der Waals surface area (Å²) in [5, 5.41) is 22.6. The minimum Gasteiger partial charge on any atom is -0.507 e. The van der Waals surface area contributed by atoms with Gasteiger partial charge < -0.3 is 5.11 Å². The lowest BCUT2D eigenvalue weighted by atomic mass is 9.85. The Balaban J connectivity index is 1.63. The second-order valence-electron chi connectivity index (χ2n) is 10.8. The highest BCUT2D eigenvalue weighted by atomic mass is 35.5. The van der Waals surface area contributed by atoms with Gasteiger partial charge in [0.2, 0.25) is 9.84 Å². The molecule has 1 aliphatic heterocycles. The van der Waals surface area contributed by atoms with Crippen molar-refractivity contribution in [2.24, 2.45) is 0 Å². The van der Waals surface area contributed by atoms with E-state index in [4.69, 9.17) is 11.6 Å². The molecule has 10 nitrogen and oxygen atoms in total. The van der Waals surface area contributed by atoms with Gasteiger partial charge in [-0.2, -0.15) is 0 Å². The SMILES string of the molecule is CC(C)(C)c1ccc([C@H]2C(=C(O)c3ccc(Cl)cc3)C(=O)C(=O)N2c2ncc(S(=O)(=O)c3ccc([N+](=O)[O-])cc3)s2)cc1. The molecule has 5 rings (SSSR count). The van der Waals surface area contributed by atoms with Crippen molar-refractivity contribution in [3.63, 3.8) is 0 Å². The molecule has 0 radical (unpaired) electrons. The Labute approximate surface area is 256 Å². The summed E-state index contributed by atoms with van der Waals surface area (Å²) in [6, 6.07) is 16.6.